The van der Waals surface area contributed by atoms with Gasteiger partial charge in [0.25, 0.3) is 5.91 Å². The average molecular weight is 296 g/mol. The molecule has 1 heterocycles. The highest BCUT2D eigenvalue weighted by Crippen LogP contribution is 2.22. The number of hydrogen-bond acceptors (Lipinski definition) is 3. The Morgan fingerprint density at radius 3 is 2.23 bits per heavy atom. The SMILES string of the molecule is COc1ccc(C(=O)Nc2ccc(N3CCCC3)cc2)cc1. The van der Waals surface area contributed by atoms with Crippen molar-refractivity contribution in [3.8, 4) is 5.75 Å². The van der Waals surface area contributed by atoms with Gasteiger partial charge in [0.1, 0.15) is 5.75 Å². The van der Waals surface area contributed by atoms with E-state index in [1.54, 1.807) is 31.4 Å². The summed E-state index contributed by atoms with van der Waals surface area (Å²) in [5.74, 6) is 0.628. The second-order valence-corrected chi connectivity index (χ2v) is 5.42. The second kappa shape index (κ2) is 6.52. The van der Waals surface area contributed by atoms with E-state index in [4.69, 9.17) is 4.74 Å². The predicted octanol–water partition coefficient (Wildman–Crippen LogP) is 3.55. The zero-order valence-corrected chi connectivity index (χ0v) is 12.7. The van der Waals surface area contributed by atoms with Crippen LogP contribution in [0.2, 0.25) is 0 Å². The van der Waals surface area contributed by atoms with Crippen molar-refractivity contribution in [1.29, 1.82) is 0 Å². The van der Waals surface area contributed by atoms with E-state index >= 15 is 0 Å². The summed E-state index contributed by atoms with van der Waals surface area (Å²) >= 11 is 0. The van der Waals surface area contributed by atoms with Gasteiger partial charge in [0.05, 0.1) is 7.11 Å². The summed E-state index contributed by atoms with van der Waals surface area (Å²) in [6.07, 6.45) is 2.52. The Kier molecular flexibility index (Phi) is 4.28. The van der Waals surface area contributed by atoms with E-state index < -0.39 is 0 Å². The third kappa shape index (κ3) is 3.22. The zero-order valence-electron chi connectivity index (χ0n) is 12.7. The molecule has 1 aliphatic heterocycles. The first kappa shape index (κ1) is 14.4. The molecule has 1 amide bonds. The number of nitrogens with zero attached hydrogens (tertiary/aromatic N) is 1. The number of anilines is 2. The van der Waals surface area contributed by atoms with Gasteiger partial charge in [-0.2, -0.15) is 0 Å². The summed E-state index contributed by atoms with van der Waals surface area (Å²) in [5, 5.41) is 2.92. The maximum Gasteiger partial charge on any atom is 0.255 e. The summed E-state index contributed by atoms with van der Waals surface area (Å²) in [5.41, 5.74) is 2.65. The molecule has 0 atom stereocenters. The number of nitrogens with one attached hydrogen (secondary N) is 1. The first-order chi connectivity index (χ1) is 10.8. The second-order valence-electron chi connectivity index (χ2n) is 5.42. The van der Waals surface area contributed by atoms with Gasteiger partial charge in [-0.3, -0.25) is 4.79 Å². The molecule has 3 rings (SSSR count). The van der Waals surface area contributed by atoms with Gasteiger partial charge in [0.2, 0.25) is 0 Å². The Labute approximate surface area is 130 Å². The molecule has 0 radical (unpaired) electrons. The number of ether oxygens (including phenoxy) is 1. The zero-order chi connectivity index (χ0) is 15.4. The lowest BCUT2D eigenvalue weighted by atomic mass is 10.2. The quantitative estimate of drug-likeness (QED) is 0.938. The van der Waals surface area contributed by atoms with Crippen LogP contribution >= 0.6 is 0 Å². The summed E-state index contributed by atoms with van der Waals surface area (Å²) < 4.78 is 5.09. The van der Waals surface area contributed by atoms with E-state index in [1.807, 2.05) is 12.1 Å². The Hall–Kier alpha value is -2.49. The number of benzene rings is 2. The molecule has 4 heteroatoms. The number of methoxy groups -OCH3 is 1. The molecule has 22 heavy (non-hydrogen) atoms. The van der Waals surface area contributed by atoms with Gasteiger partial charge in [-0.05, 0) is 61.4 Å². The molecule has 1 fully saturated rings. The molecule has 1 aliphatic rings. The summed E-state index contributed by atoms with van der Waals surface area (Å²) in [4.78, 5) is 14.6. The molecule has 0 bridgehead atoms. The van der Waals surface area contributed by atoms with Crippen LogP contribution in [0.3, 0.4) is 0 Å². The molecule has 2 aromatic carbocycles. The fourth-order valence-electron chi connectivity index (χ4n) is 2.68. The van der Waals surface area contributed by atoms with Gasteiger partial charge in [-0.15, -0.1) is 0 Å². The van der Waals surface area contributed by atoms with Crippen LogP contribution in [0.15, 0.2) is 48.5 Å². The molecule has 2 aromatic rings. The largest absolute Gasteiger partial charge is 0.497 e. The minimum atomic E-state index is -0.114. The Morgan fingerprint density at radius 1 is 1.00 bits per heavy atom. The van der Waals surface area contributed by atoms with Gasteiger partial charge in [-0.1, -0.05) is 0 Å². The summed E-state index contributed by atoms with van der Waals surface area (Å²) in [6.45, 7) is 2.25. The highest BCUT2D eigenvalue weighted by molar-refractivity contribution is 6.04. The van der Waals surface area contributed by atoms with Crippen molar-refractivity contribution in [3.05, 3.63) is 54.1 Å². The lowest BCUT2D eigenvalue weighted by molar-refractivity contribution is 0.102. The molecule has 114 valence electrons. The fourth-order valence-corrected chi connectivity index (χ4v) is 2.68. The third-order valence-electron chi connectivity index (χ3n) is 3.95. The standard InChI is InChI=1S/C18H20N2O2/c1-22-17-10-4-14(5-11-17)18(21)19-15-6-8-16(9-7-15)20-12-2-3-13-20/h4-11H,2-3,12-13H2,1H3,(H,19,21). The first-order valence-corrected chi connectivity index (χ1v) is 7.57. The molecule has 1 saturated heterocycles. The van der Waals surface area contributed by atoms with Gasteiger partial charge in [0, 0.05) is 30.0 Å². The minimum Gasteiger partial charge on any atom is -0.497 e. The van der Waals surface area contributed by atoms with E-state index in [0.717, 1.165) is 24.5 Å². The van der Waals surface area contributed by atoms with E-state index in [1.165, 1.54) is 18.5 Å². The molecule has 4 nitrogen and oxygen atoms in total. The number of hydrogen-bond donors (Lipinski definition) is 1. The van der Waals surface area contributed by atoms with Crippen LogP contribution in [0.1, 0.15) is 23.2 Å². The maximum absolute atomic E-state index is 12.2. The smallest absolute Gasteiger partial charge is 0.255 e. The molecule has 1 N–H and O–H groups in total. The maximum atomic E-state index is 12.2. The normalized spacial score (nSPS) is 14.0. The van der Waals surface area contributed by atoms with Gasteiger partial charge in [0.15, 0.2) is 0 Å². The Morgan fingerprint density at radius 2 is 1.64 bits per heavy atom. The van der Waals surface area contributed by atoms with Crippen LogP contribution in [-0.2, 0) is 0 Å². The monoisotopic (exact) mass is 296 g/mol. The van der Waals surface area contributed by atoms with Crippen molar-refractivity contribution in [2.24, 2.45) is 0 Å². The van der Waals surface area contributed by atoms with Crippen molar-refractivity contribution in [2.45, 2.75) is 12.8 Å². The first-order valence-electron chi connectivity index (χ1n) is 7.57. The summed E-state index contributed by atoms with van der Waals surface area (Å²) in [6, 6.07) is 15.1. The number of amides is 1. The molecule has 0 saturated carbocycles. The van der Waals surface area contributed by atoms with Crippen LogP contribution in [0.4, 0.5) is 11.4 Å². The Balaban J connectivity index is 1.65. The lowest BCUT2D eigenvalue weighted by Crippen LogP contribution is -2.17. The molecular formula is C18H20N2O2. The number of carbonyl (C=O) groups is 1. The van der Waals surface area contributed by atoms with Crippen LogP contribution in [0.5, 0.6) is 5.75 Å². The molecule has 0 spiro atoms. The average Bonchev–Trinajstić information content (AvgIpc) is 3.10. The highest BCUT2D eigenvalue weighted by atomic mass is 16.5. The molecule has 0 unspecified atom stereocenters. The van der Waals surface area contributed by atoms with Crippen molar-refractivity contribution in [3.63, 3.8) is 0 Å². The minimum absolute atomic E-state index is 0.114. The third-order valence-corrected chi connectivity index (χ3v) is 3.95. The molecular weight excluding hydrogens is 276 g/mol. The van der Waals surface area contributed by atoms with E-state index in [9.17, 15) is 4.79 Å². The number of rotatable bonds is 4. The Bertz CT molecular complexity index is 629. The highest BCUT2D eigenvalue weighted by Gasteiger charge is 2.12. The fraction of sp³-hybridized carbons (Fsp3) is 0.278. The van der Waals surface area contributed by atoms with Gasteiger partial charge < -0.3 is 15.0 Å². The number of carbonyl (C=O) groups excluding carboxylic acids is 1. The topological polar surface area (TPSA) is 41.6 Å². The lowest BCUT2D eigenvalue weighted by Gasteiger charge is -2.17. The van der Waals surface area contributed by atoms with E-state index in [-0.39, 0.29) is 5.91 Å². The van der Waals surface area contributed by atoms with Crippen molar-refractivity contribution < 1.29 is 9.53 Å². The molecule has 0 aliphatic carbocycles. The molecule has 0 aromatic heterocycles. The van der Waals surface area contributed by atoms with Crippen LogP contribution < -0.4 is 15.0 Å². The van der Waals surface area contributed by atoms with Crippen LogP contribution in [-0.4, -0.2) is 26.1 Å². The summed E-state index contributed by atoms with van der Waals surface area (Å²) in [7, 11) is 1.61. The van der Waals surface area contributed by atoms with Gasteiger partial charge in [-0.25, -0.2) is 0 Å². The van der Waals surface area contributed by atoms with Crippen LogP contribution in [0.25, 0.3) is 0 Å². The van der Waals surface area contributed by atoms with Crippen molar-refractivity contribution >= 4 is 17.3 Å². The van der Waals surface area contributed by atoms with Crippen LogP contribution in [0, 0.1) is 0 Å². The predicted molar refractivity (Wildman–Crippen MR) is 88.8 cm³/mol. The van der Waals surface area contributed by atoms with Gasteiger partial charge >= 0.3 is 0 Å². The van der Waals surface area contributed by atoms with Crippen molar-refractivity contribution in [1.82, 2.24) is 0 Å². The van der Waals surface area contributed by atoms with Crippen molar-refractivity contribution in [2.75, 3.05) is 30.4 Å². The van der Waals surface area contributed by atoms with E-state index in [2.05, 4.69) is 22.3 Å². The van der Waals surface area contributed by atoms with E-state index in [0.29, 0.717) is 5.56 Å².